The van der Waals surface area contributed by atoms with Gasteiger partial charge >= 0.3 is 0 Å². The summed E-state index contributed by atoms with van der Waals surface area (Å²) >= 11 is 0. The summed E-state index contributed by atoms with van der Waals surface area (Å²) in [6.07, 6.45) is 1.08. The van der Waals surface area contributed by atoms with Gasteiger partial charge in [-0.15, -0.1) is 0 Å². The van der Waals surface area contributed by atoms with E-state index in [0.29, 0.717) is 12.2 Å². The van der Waals surface area contributed by atoms with E-state index in [2.05, 4.69) is 23.5 Å². The minimum Gasteiger partial charge on any atom is -0.384 e. The lowest BCUT2D eigenvalue weighted by molar-refractivity contribution is 0.622. The maximum absolute atomic E-state index is 13.7. The van der Waals surface area contributed by atoms with Crippen molar-refractivity contribution < 1.29 is 4.39 Å². The first-order valence-corrected chi connectivity index (χ1v) is 6.55. The molecule has 0 unspecified atom stereocenters. The first-order chi connectivity index (χ1) is 9.24. The maximum Gasteiger partial charge on any atom is 0.146 e. The molecule has 2 aromatic rings. The van der Waals surface area contributed by atoms with Crippen LogP contribution in [0.5, 0.6) is 0 Å². The Morgan fingerprint density at radius 1 is 1.21 bits per heavy atom. The van der Waals surface area contributed by atoms with Crippen LogP contribution in [0.1, 0.15) is 11.1 Å². The summed E-state index contributed by atoms with van der Waals surface area (Å²) in [4.78, 5) is 1.94. The van der Waals surface area contributed by atoms with Crippen LogP contribution in [0.2, 0.25) is 0 Å². The van der Waals surface area contributed by atoms with E-state index in [-0.39, 0.29) is 5.82 Å². The Bertz CT molecular complexity index is 595. The van der Waals surface area contributed by atoms with Gasteiger partial charge in [0.15, 0.2) is 0 Å². The fourth-order valence-electron chi connectivity index (χ4n) is 2.58. The molecule has 98 valence electrons. The maximum atomic E-state index is 13.7. The first-order valence-electron chi connectivity index (χ1n) is 6.55. The second-order valence-electron chi connectivity index (χ2n) is 4.98. The zero-order valence-corrected chi connectivity index (χ0v) is 11.0. The third kappa shape index (κ3) is 2.41. The molecule has 1 aliphatic rings. The fourth-order valence-corrected chi connectivity index (χ4v) is 2.58. The highest BCUT2D eigenvalue weighted by Gasteiger charge is 2.12. The molecule has 3 heteroatoms. The van der Waals surface area contributed by atoms with Gasteiger partial charge in [-0.05, 0) is 35.7 Å². The summed E-state index contributed by atoms with van der Waals surface area (Å²) in [5.74, 6) is -0.173. The van der Waals surface area contributed by atoms with E-state index in [9.17, 15) is 4.39 Å². The zero-order chi connectivity index (χ0) is 13.2. The van der Waals surface area contributed by atoms with Crippen molar-refractivity contribution in [2.45, 2.75) is 13.0 Å². The van der Waals surface area contributed by atoms with E-state index in [0.717, 1.165) is 13.0 Å². The molecule has 0 aliphatic carbocycles. The van der Waals surface area contributed by atoms with Crippen LogP contribution in [0.4, 0.5) is 15.8 Å². The van der Waals surface area contributed by atoms with Crippen LogP contribution >= 0.6 is 0 Å². The molecule has 1 aliphatic heterocycles. The van der Waals surface area contributed by atoms with Gasteiger partial charge in [0.05, 0.1) is 5.69 Å². The van der Waals surface area contributed by atoms with Crippen molar-refractivity contribution in [3.05, 3.63) is 59.4 Å². The lowest BCUT2D eigenvalue weighted by Gasteiger charge is -2.20. The van der Waals surface area contributed by atoms with Crippen LogP contribution in [0, 0.1) is 5.82 Å². The van der Waals surface area contributed by atoms with E-state index in [1.54, 1.807) is 6.07 Å². The van der Waals surface area contributed by atoms with Crippen LogP contribution < -0.4 is 10.2 Å². The Morgan fingerprint density at radius 2 is 2.05 bits per heavy atom. The third-order valence-corrected chi connectivity index (χ3v) is 3.56. The van der Waals surface area contributed by atoms with Gasteiger partial charge in [0.2, 0.25) is 0 Å². The number of para-hydroxylation sites is 1. The number of halogens is 1. The number of nitrogens with one attached hydrogen (secondary N) is 1. The second-order valence-corrected chi connectivity index (χ2v) is 4.98. The summed E-state index contributed by atoms with van der Waals surface area (Å²) in [5, 5.41) is 3.35. The average molecular weight is 256 g/mol. The highest BCUT2D eigenvalue weighted by atomic mass is 19.1. The lowest BCUT2D eigenvalue weighted by atomic mass is 10.1. The smallest absolute Gasteiger partial charge is 0.146 e. The van der Waals surface area contributed by atoms with Gasteiger partial charge in [-0.25, -0.2) is 4.39 Å². The van der Waals surface area contributed by atoms with Crippen molar-refractivity contribution in [3.63, 3.8) is 0 Å². The molecular weight excluding hydrogens is 239 g/mol. The molecule has 2 aromatic carbocycles. The Hall–Kier alpha value is -2.03. The standard InChI is InChI=1S/C16H17FN2/c1-19(16-5-3-2-4-14(16)17)11-12-6-7-15-13(10-12)8-9-18-15/h2-7,10,18H,8-9,11H2,1H3. The molecular formula is C16H17FN2. The van der Waals surface area contributed by atoms with Gasteiger partial charge in [0.25, 0.3) is 0 Å². The Labute approximate surface area is 112 Å². The van der Waals surface area contributed by atoms with Crippen molar-refractivity contribution in [3.8, 4) is 0 Å². The van der Waals surface area contributed by atoms with E-state index in [1.807, 2.05) is 24.1 Å². The number of fused-ring (bicyclic) bond motifs is 1. The predicted molar refractivity (Wildman–Crippen MR) is 77.1 cm³/mol. The Balaban J connectivity index is 1.80. The van der Waals surface area contributed by atoms with Gasteiger partial charge < -0.3 is 10.2 Å². The molecule has 0 radical (unpaired) electrons. The molecule has 0 saturated carbocycles. The van der Waals surface area contributed by atoms with Gasteiger partial charge in [-0.2, -0.15) is 0 Å². The third-order valence-electron chi connectivity index (χ3n) is 3.56. The summed E-state index contributed by atoms with van der Waals surface area (Å²) in [7, 11) is 1.92. The average Bonchev–Trinajstić information content (AvgIpc) is 2.86. The van der Waals surface area contributed by atoms with Crippen molar-refractivity contribution in [2.24, 2.45) is 0 Å². The SMILES string of the molecule is CN(Cc1ccc2c(c1)CCN2)c1ccccc1F. The number of benzene rings is 2. The van der Waals surface area contributed by atoms with E-state index in [1.165, 1.54) is 22.9 Å². The molecule has 0 spiro atoms. The van der Waals surface area contributed by atoms with Crippen molar-refractivity contribution in [2.75, 3.05) is 23.8 Å². The van der Waals surface area contributed by atoms with E-state index >= 15 is 0 Å². The minimum atomic E-state index is -0.173. The van der Waals surface area contributed by atoms with E-state index in [4.69, 9.17) is 0 Å². The van der Waals surface area contributed by atoms with Crippen molar-refractivity contribution >= 4 is 11.4 Å². The molecule has 1 N–H and O–H groups in total. The minimum absolute atomic E-state index is 0.173. The highest BCUT2D eigenvalue weighted by Crippen LogP contribution is 2.25. The van der Waals surface area contributed by atoms with Gasteiger partial charge in [-0.1, -0.05) is 24.3 Å². The fraction of sp³-hybridized carbons (Fsp3) is 0.250. The summed E-state index contributed by atoms with van der Waals surface area (Å²) in [5.41, 5.74) is 4.45. The number of anilines is 2. The monoisotopic (exact) mass is 256 g/mol. The summed E-state index contributed by atoms with van der Waals surface area (Å²) in [6, 6.07) is 13.3. The second kappa shape index (κ2) is 4.92. The van der Waals surface area contributed by atoms with Crippen LogP contribution in [0.3, 0.4) is 0 Å². The molecule has 19 heavy (non-hydrogen) atoms. The summed E-state index contributed by atoms with van der Waals surface area (Å²) < 4.78 is 13.7. The topological polar surface area (TPSA) is 15.3 Å². The Kier molecular flexibility index (Phi) is 3.11. The lowest BCUT2D eigenvalue weighted by Crippen LogP contribution is -2.17. The van der Waals surface area contributed by atoms with Crippen LogP contribution in [-0.2, 0) is 13.0 Å². The molecule has 1 heterocycles. The first kappa shape index (κ1) is 12.0. The molecule has 0 atom stereocenters. The zero-order valence-electron chi connectivity index (χ0n) is 11.0. The molecule has 0 fully saturated rings. The van der Waals surface area contributed by atoms with E-state index < -0.39 is 0 Å². The largest absolute Gasteiger partial charge is 0.384 e. The number of nitrogens with zero attached hydrogens (tertiary/aromatic N) is 1. The Morgan fingerprint density at radius 3 is 2.89 bits per heavy atom. The normalized spacial score (nSPS) is 12.9. The highest BCUT2D eigenvalue weighted by molar-refractivity contribution is 5.57. The molecule has 0 saturated heterocycles. The molecule has 2 nitrogen and oxygen atoms in total. The molecule has 3 rings (SSSR count). The summed E-state index contributed by atoms with van der Waals surface area (Å²) in [6.45, 7) is 1.73. The number of hydrogen-bond donors (Lipinski definition) is 1. The number of rotatable bonds is 3. The van der Waals surface area contributed by atoms with Gasteiger partial charge in [0.1, 0.15) is 5.82 Å². The van der Waals surface area contributed by atoms with Gasteiger partial charge in [-0.3, -0.25) is 0 Å². The van der Waals surface area contributed by atoms with Gasteiger partial charge in [0, 0.05) is 25.8 Å². The molecule has 0 aromatic heterocycles. The van der Waals surface area contributed by atoms with Crippen molar-refractivity contribution in [1.82, 2.24) is 0 Å². The quantitative estimate of drug-likeness (QED) is 0.905. The number of hydrogen-bond acceptors (Lipinski definition) is 2. The molecule has 0 amide bonds. The van der Waals surface area contributed by atoms with Crippen molar-refractivity contribution in [1.29, 1.82) is 0 Å². The van der Waals surface area contributed by atoms with Crippen LogP contribution in [0.25, 0.3) is 0 Å². The van der Waals surface area contributed by atoms with Crippen LogP contribution in [0.15, 0.2) is 42.5 Å². The predicted octanol–water partition coefficient (Wildman–Crippen LogP) is 3.43. The van der Waals surface area contributed by atoms with Crippen LogP contribution in [-0.4, -0.2) is 13.6 Å². The molecule has 0 bridgehead atoms.